The Kier molecular flexibility index (Phi) is 3.05. The van der Waals surface area contributed by atoms with Crippen LogP contribution in [-0.2, 0) is 16.9 Å². The van der Waals surface area contributed by atoms with Crippen LogP contribution >= 0.6 is 0 Å². The van der Waals surface area contributed by atoms with Crippen molar-refractivity contribution in [2.75, 3.05) is 24.3 Å². The van der Waals surface area contributed by atoms with Crippen LogP contribution in [0.4, 0.5) is 5.69 Å². The van der Waals surface area contributed by atoms with Crippen LogP contribution in [0, 0.1) is 0 Å². The molecular weight excluding hydrogens is 256 g/mol. The average molecular weight is 272 g/mol. The van der Waals surface area contributed by atoms with E-state index in [0.717, 1.165) is 0 Å². The molecule has 1 aromatic rings. The minimum absolute atomic E-state index is 0.0159. The predicted molar refractivity (Wildman–Crippen MR) is 66.8 cm³/mol. The number of nitrogens with zero attached hydrogens (tertiary/aromatic N) is 3. The highest BCUT2D eigenvalue weighted by atomic mass is 32.2. The molecule has 1 amide bonds. The summed E-state index contributed by atoms with van der Waals surface area (Å²) in [7, 11) is 0.247. The summed E-state index contributed by atoms with van der Waals surface area (Å²) in [5, 5.41) is 3.99. The molecule has 2 heterocycles. The standard InChI is InChI=1S/C10H16N4O3S/c1-13-5-8(11)9(12-13)10(15)14(2)7-3-4-18(16,17)6-7/h5,7H,3-4,6,11H2,1-2H3. The first-order valence-corrected chi connectivity index (χ1v) is 7.39. The molecule has 100 valence electrons. The van der Waals surface area contributed by atoms with E-state index in [9.17, 15) is 13.2 Å². The third kappa shape index (κ3) is 2.33. The van der Waals surface area contributed by atoms with Crippen molar-refractivity contribution in [2.24, 2.45) is 7.05 Å². The van der Waals surface area contributed by atoms with E-state index in [0.29, 0.717) is 12.1 Å². The van der Waals surface area contributed by atoms with Crippen molar-refractivity contribution in [3.63, 3.8) is 0 Å². The van der Waals surface area contributed by atoms with Gasteiger partial charge in [-0.15, -0.1) is 0 Å². The number of nitrogens with two attached hydrogens (primary N) is 1. The predicted octanol–water partition coefficient (Wildman–Crippen LogP) is -0.739. The SMILES string of the molecule is CN(C(=O)c1nn(C)cc1N)C1CCS(=O)(=O)C1. The smallest absolute Gasteiger partial charge is 0.276 e. The van der Waals surface area contributed by atoms with Crippen LogP contribution in [0.5, 0.6) is 0 Å². The summed E-state index contributed by atoms with van der Waals surface area (Å²) >= 11 is 0. The van der Waals surface area contributed by atoms with Crippen molar-refractivity contribution in [3.05, 3.63) is 11.9 Å². The number of carbonyl (C=O) groups excluding carboxylic acids is 1. The van der Waals surface area contributed by atoms with Gasteiger partial charge in [0.1, 0.15) is 0 Å². The number of rotatable bonds is 2. The van der Waals surface area contributed by atoms with Crippen LogP contribution in [-0.4, -0.2) is 53.6 Å². The summed E-state index contributed by atoms with van der Waals surface area (Å²) in [6.45, 7) is 0. The van der Waals surface area contributed by atoms with Gasteiger partial charge in [0.2, 0.25) is 0 Å². The normalized spacial score (nSPS) is 22.0. The van der Waals surface area contributed by atoms with Gasteiger partial charge in [-0.1, -0.05) is 0 Å². The van der Waals surface area contributed by atoms with Crippen LogP contribution in [0.3, 0.4) is 0 Å². The monoisotopic (exact) mass is 272 g/mol. The zero-order chi connectivity index (χ0) is 13.5. The van der Waals surface area contributed by atoms with Gasteiger partial charge in [0.25, 0.3) is 5.91 Å². The highest BCUT2D eigenvalue weighted by molar-refractivity contribution is 7.91. The molecule has 0 saturated carbocycles. The van der Waals surface area contributed by atoms with E-state index in [1.165, 1.54) is 9.58 Å². The van der Waals surface area contributed by atoms with Gasteiger partial charge in [-0.3, -0.25) is 9.48 Å². The number of amides is 1. The molecule has 2 rings (SSSR count). The van der Waals surface area contributed by atoms with Crippen molar-refractivity contribution >= 4 is 21.4 Å². The Balaban J connectivity index is 2.17. The Labute approximate surface area is 105 Å². The summed E-state index contributed by atoms with van der Waals surface area (Å²) in [5.74, 6) is -0.190. The first-order valence-electron chi connectivity index (χ1n) is 5.57. The molecule has 7 nitrogen and oxygen atoms in total. The second-order valence-corrected chi connectivity index (χ2v) is 6.81. The molecule has 1 fully saturated rings. The van der Waals surface area contributed by atoms with Crippen LogP contribution in [0.2, 0.25) is 0 Å². The minimum Gasteiger partial charge on any atom is -0.396 e. The van der Waals surface area contributed by atoms with Crippen LogP contribution in [0.15, 0.2) is 6.20 Å². The summed E-state index contributed by atoms with van der Waals surface area (Å²) in [5.41, 5.74) is 6.15. The van der Waals surface area contributed by atoms with Gasteiger partial charge in [-0.25, -0.2) is 8.42 Å². The molecule has 1 aliphatic heterocycles. The Morgan fingerprint density at radius 1 is 1.61 bits per heavy atom. The lowest BCUT2D eigenvalue weighted by Crippen LogP contribution is -2.38. The quantitative estimate of drug-likeness (QED) is 0.764. The molecule has 2 N–H and O–H groups in total. The van der Waals surface area contributed by atoms with Crippen molar-refractivity contribution in [1.29, 1.82) is 0 Å². The molecule has 1 saturated heterocycles. The Bertz CT molecular complexity index is 578. The van der Waals surface area contributed by atoms with Crippen LogP contribution < -0.4 is 5.73 Å². The molecule has 0 aromatic carbocycles. The van der Waals surface area contributed by atoms with Crippen LogP contribution in [0.25, 0.3) is 0 Å². The van der Waals surface area contributed by atoms with Gasteiger partial charge < -0.3 is 10.6 Å². The highest BCUT2D eigenvalue weighted by Gasteiger charge is 2.34. The van der Waals surface area contributed by atoms with E-state index in [1.54, 1.807) is 20.3 Å². The number of aryl methyl sites for hydroxylation is 1. The Morgan fingerprint density at radius 3 is 2.72 bits per heavy atom. The van der Waals surface area contributed by atoms with Gasteiger partial charge in [-0.05, 0) is 6.42 Å². The fraction of sp³-hybridized carbons (Fsp3) is 0.600. The zero-order valence-corrected chi connectivity index (χ0v) is 11.1. The Hall–Kier alpha value is -1.57. The third-order valence-electron chi connectivity index (χ3n) is 3.14. The van der Waals surface area contributed by atoms with E-state index in [1.807, 2.05) is 0 Å². The van der Waals surface area contributed by atoms with E-state index in [2.05, 4.69) is 5.10 Å². The third-order valence-corrected chi connectivity index (χ3v) is 4.89. The molecule has 1 aliphatic rings. The summed E-state index contributed by atoms with van der Waals surface area (Å²) < 4.78 is 24.2. The van der Waals surface area contributed by atoms with E-state index in [4.69, 9.17) is 5.73 Å². The van der Waals surface area contributed by atoms with Crippen molar-refractivity contribution in [3.8, 4) is 0 Å². The molecule has 1 atom stereocenters. The second-order valence-electron chi connectivity index (χ2n) is 4.58. The fourth-order valence-corrected chi connectivity index (χ4v) is 3.86. The van der Waals surface area contributed by atoms with Gasteiger partial charge in [0.15, 0.2) is 15.5 Å². The van der Waals surface area contributed by atoms with Crippen LogP contribution in [0.1, 0.15) is 16.9 Å². The van der Waals surface area contributed by atoms with E-state index >= 15 is 0 Å². The lowest BCUT2D eigenvalue weighted by atomic mass is 10.2. The fourth-order valence-electron chi connectivity index (χ4n) is 2.09. The maximum Gasteiger partial charge on any atom is 0.276 e. The summed E-state index contributed by atoms with van der Waals surface area (Å²) in [6.07, 6.45) is 2.02. The lowest BCUT2D eigenvalue weighted by Gasteiger charge is -2.22. The molecule has 8 heteroatoms. The number of hydrogen-bond acceptors (Lipinski definition) is 5. The summed E-state index contributed by atoms with van der Waals surface area (Å²) in [4.78, 5) is 13.6. The molecular formula is C10H16N4O3S. The molecule has 1 unspecified atom stereocenters. The number of anilines is 1. The highest BCUT2D eigenvalue weighted by Crippen LogP contribution is 2.19. The van der Waals surface area contributed by atoms with Crippen molar-refractivity contribution in [1.82, 2.24) is 14.7 Å². The van der Waals surface area contributed by atoms with Crippen molar-refractivity contribution < 1.29 is 13.2 Å². The maximum atomic E-state index is 12.2. The number of carbonyl (C=O) groups is 1. The maximum absolute atomic E-state index is 12.2. The lowest BCUT2D eigenvalue weighted by molar-refractivity contribution is 0.0742. The largest absolute Gasteiger partial charge is 0.396 e. The average Bonchev–Trinajstić information content (AvgIpc) is 2.79. The Morgan fingerprint density at radius 2 is 2.28 bits per heavy atom. The number of hydrogen-bond donors (Lipinski definition) is 1. The second kappa shape index (κ2) is 4.27. The van der Waals surface area contributed by atoms with Gasteiger partial charge in [0, 0.05) is 26.3 Å². The van der Waals surface area contributed by atoms with Gasteiger partial charge in [0.05, 0.1) is 17.2 Å². The minimum atomic E-state index is -3.01. The van der Waals surface area contributed by atoms with E-state index in [-0.39, 0.29) is 29.1 Å². The van der Waals surface area contributed by atoms with Gasteiger partial charge >= 0.3 is 0 Å². The molecule has 0 spiro atoms. The molecule has 0 aliphatic carbocycles. The molecule has 18 heavy (non-hydrogen) atoms. The molecule has 1 aromatic heterocycles. The topological polar surface area (TPSA) is 98.3 Å². The van der Waals surface area contributed by atoms with Gasteiger partial charge in [-0.2, -0.15) is 5.10 Å². The van der Waals surface area contributed by atoms with Crippen molar-refractivity contribution in [2.45, 2.75) is 12.5 Å². The molecule has 0 bridgehead atoms. The first-order chi connectivity index (χ1) is 8.30. The zero-order valence-electron chi connectivity index (χ0n) is 10.3. The number of nitrogen functional groups attached to an aromatic ring is 1. The number of aromatic nitrogens is 2. The van der Waals surface area contributed by atoms with E-state index < -0.39 is 9.84 Å². The number of sulfone groups is 1. The first kappa shape index (κ1) is 12.9. The summed E-state index contributed by atoms with van der Waals surface area (Å²) in [6, 6.07) is -0.288. The molecule has 0 radical (unpaired) electrons.